The third-order valence-electron chi connectivity index (χ3n) is 5.77. The second kappa shape index (κ2) is 7.26. The van der Waals surface area contributed by atoms with Gasteiger partial charge in [0.25, 0.3) is 5.91 Å². The van der Waals surface area contributed by atoms with E-state index in [9.17, 15) is 9.59 Å². The molecule has 2 aliphatic heterocycles. The minimum atomic E-state index is -0.714. The molecule has 1 aromatic heterocycles. The first-order chi connectivity index (χ1) is 14.7. The zero-order valence-electron chi connectivity index (χ0n) is 18.6. The summed E-state index contributed by atoms with van der Waals surface area (Å²) in [5, 5.41) is 0. The molecule has 3 heterocycles. The van der Waals surface area contributed by atoms with Gasteiger partial charge in [-0.3, -0.25) is 14.6 Å². The van der Waals surface area contributed by atoms with E-state index in [4.69, 9.17) is 14.5 Å². The number of carbonyl (C=O) groups is 2. The van der Waals surface area contributed by atoms with E-state index >= 15 is 0 Å². The van der Waals surface area contributed by atoms with E-state index in [1.165, 1.54) is 9.80 Å². The molecule has 9 heteroatoms. The molecule has 9 nitrogen and oxygen atoms in total. The number of aromatic nitrogens is 2. The van der Waals surface area contributed by atoms with Crippen molar-refractivity contribution in [3.05, 3.63) is 41.7 Å². The molecule has 1 unspecified atom stereocenters. The first-order valence-electron chi connectivity index (χ1n) is 9.89. The van der Waals surface area contributed by atoms with Crippen LogP contribution in [-0.4, -0.2) is 60.0 Å². The van der Waals surface area contributed by atoms with Crippen LogP contribution in [0.25, 0.3) is 5.69 Å². The second-order valence-corrected chi connectivity index (χ2v) is 7.81. The molecule has 0 aliphatic carbocycles. The van der Waals surface area contributed by atoms with Crippen molar-refractivity contribution in [2.24, 2.45) is 4.99 Å². The molecule has 1 atom stereocenters. The lowest BCUT2D eigenvalue weighted by Gasteiger charge is -2.33. The van der Waals surface area contributed by atoms with E-state index in [0.717, 1.165) is 22.6 Å². The summed E-state index contributed by atoms with van der Waals surface area (Å²) in [5.74, 6) is 1.94. The van der Waals surface area contributed by atoms with Crippen molar-refractivity contribution in [1.82, 2.24) is 14.4 Å². The number of amides is 3. The predicted octanol–water partition coefficient (Wildman–Crippen LogP) is 2.45. The number of benzene rings is 1. The van der Waals surface area contributed by atoms with Gasteiger partial charge in [0.2, 0.25) is 11.9 Å². The van der Waals surface area contributed by atoms with Crippen LogP contribution >= 0.6 is 0 Å². The molecule has 0 N–H and O–H groups in total. The van der Waals surface area contributed by atoms with Crippen LogP contribution in [0.1, 0.15) is 24.4 Å². The van der Waals surface area contributed by atoms with Gasteiger partial charge in [-0.05, 0) is 32.9 Å². The van der Waals surface area contributed by atoms with Crippen LogP contribution in [-0.2, 0) is 4.79 Å². The van der Waals surface area contributed by atoms with Gasteiger partial charge in [-0.2, -0.15) is 4.57 Å². The van der Waals surface area contributed by atoms with Gasteiger partial charge in [0.1, 0.15) is 17.1 Å². The number of aliphatic imine (C=N–C) groups is 1. The molecule has 0 spiro atoms. The zero-order valence-corrected chi connectivity index (χ0v) is 18.6. The van der Waals surface area contributed by atoms with Crippen molar-refractivity contribution in [1.29, 1.82) is 0 Å². The van der Waals surface area contributed by atoms with Gasteiger partial charge in [-0.1, -0.05) is 17.1 Å². The van der Waals surface area contributed by atoms with E-state index in [-0.39, 0.29) is 12.5 Å². The normalized spacial score (nSPS) is 17.5. The van der Waals surface area contributed by atoms with E-state index < -0.39 is 12.1 Å². The molecular weight excluding hydrogens is 398 g/mol. The number of hydrogen-bond acceptors (Lipinski definition) is 5. The highest BCUT2D eigenvalue weighted by Crippen LogP contribution is 2.37. The number of carbonyl (C=O) groups excluding carboxylic acids is 2. The van der Waals surface area contributed by atoms with Crippen LogP contribution in [0.2, 0.25) is 0 Å². The van der Waals surface area contributed by atoms with Crippen LogP contribution < -0.4 is 14.0 Å². The molecule has 31 heavy (non-hydrogen) atoms. The average Bonchev–Trinajstić information content (AvgIpc) is 3.24. The van der Waals surface area contributed by atoms with Gasteiger partial charge >= 0.3 is 12.0 Å². The molecule has 1 fully saturated rings. The lowest BCUT2D eigenvalue weighted by Crippen LogP contribution is -2.63. The Balaban J connectivity index is 1.93. The van der Waals surface area contributed by atoms with Gasteiger partial charge < -0.3 is 9.47 Å². The Morgan fingerprint density at radius 2 is 1.94 bits per heavy atom. The number of hydrogen-bond donors (Lipinski definition) is 0. The number of methoxy groups -OCH3 is 2. The Morgan fingerprint density at radius 1 is 1.23 bits per heavy atom. The number of likely N-dealkylation sites (N-methyl/N-ethyl adjacent to an activating group) is 1. The number of imide groups is 1. The van der Waals surface area contributed by atoms with Crippen molar-refractivity contribution < 1.29 is 23.6 Å². The van der Waals surface area contributed by atoms with Crippen molar-refractivity contribution in [3.63, 3.8) is 0 Å². The fourth-order valence-electron chi connectivity index (χ4n) is 4.11. The molecule has 2 aromatic rings. The minimum absolute atomic E-state index is 0.171. The van der Waals surface area contributed by atoms with Gasteiger partial charge in [0.05, 0.1) is 20.8 Å². The number of urea groups is 1. The lowest BCUT2D eigenvalue weighted by atomic mass is 10.1. The first-order valence-corrected chi connectivity index (χ1v) is 9.89. The Bertz CT molecular complexity index is 1160. The average molecular weight is 424 g/mol. The van der Waals surface area contributed by atoms with Gasteiger partial charge in [0.15, 0.2) is 11.4 Å². The van der Waals surface area contributed by atoms with Crippen molar-refractivity contribution in [2.75, 3.05) is 27.8 Å². The first kappa shape index (κ1) is 20.6. The monoisotopic (exact) mass is 424 g/mol. The van der Waals surface area contributed by atoms with Crippen LogP contribution in [0.15, 0.2) is 35.3 Å². The van der Waals surface area contributed by atoms with Crippen molar-refractivity contribution >= 4 is 23.7 Å². The number of imidazole rings is 1. The molecule has 1 saturated heterocycles. The highest BCUT2D eigenvalue weighted by molar-refractivity contribution is 6.19. The SMILES string of the molecule is C=C(C)CN1C(=O)C2C(=Nc3n(-c4cc(OC)ccc4OC)c(C)c(C)[n+]32)N(C)C1=O. The molecule has 162 valence electrons. The van der Waals surface area contributed by atoms with Crippen molar-refractivity contribution in [3.8, 4) is 17.2 Å². The number of fused-ring (bicyclic) bond motifs is 3. The smallest absolute Gasteiger partial charge is 0.407 e. The quantitative estimate of drug-likeness (QED) is 0.546. The van der Waals surface area contributed by atoms with Crippen LogP contribution in [0, 0.1) is 13.8 Å². The molecular formula is C22H26N5O4+. The Kier molecular flexibility index (Phi) is 4.83. The van der Waals surface area contributed by atoms with Crippen LogP contribution in [0.5, 0.6) is 11.5 Å². The summed E-state index contributed by atoms with van der Waals surface area (Å²) in [5.41, 5.74) is 3.24. The van der Waals surface area contributed by atoms with Gasteiger partial charge in [-0.25, -0.2) is 9.36 Å². The summed E-state index contributed by atoms with van der Waals surface area (Å²) >= 11 is 0. The Morgan fingerprint density at radius 3 is 2.55 bits per heavy atom. The highest BCUT2D eigenvalue weighted by atomic mass is 16.5. The number of rotatable bonds is 5. The predicted molar refractivity (Wildman–Crippen MR) is 114 cm³/mol. The number of amidine groups is 1. The zero-order chi connectivity index (χ0) is 22.6. The van der Waals surface area contributed by atoms with Crippen LogP contribution in [0.3, 0.4) is 0 Å². The molecule has 2 aliphatic rings. The molecule has 4 rings (SSSR count). The highest BCUT2D eigenvalue weighted by Gasteiger charge is 2.54. The second-order valence-electron chi connectivity index (χ2n) is 7.81. The molecule has 0 radical (unpaired) electrons. The summed E-state index contributed by atoms with van der Waals surface area (Å²) in [7, 11) is 4.83. The molecule has 0 saturated carbocycles. The maximum atomic E-state index is 13.4. The lowest BCUT2D eigenvalue weighted by molar-refractivity contribution is -0.682. The number of ether oxygens (including phenoxy) is 2. The fraction of sp³-hybridized carbons (Fsp3) is 0.364. The van der Waals surface area contributed by atoms with Crippen LogP contribution in [0.4, 0.5) is 10.7 Å². The standard InChI is InChI=1S/C22H26N5O4/c1-12(2)11-25-20(28)18-19(24(5)22(25)29)23-21-26(13(3)14(4)27(18)21)16-10-15(30-6)8-9-17(16)31-7/h8-10,18H,1,11H2,2-7H3/q+1. The molecule has 3 amide bonds. The summed E-state index contributed by atoms with van der Waals surface area (Å²) in [6, 6.07) is 4.38. The summed E-state index contributed by atoms with van der Waals surface area (Å²) in [6.45, 7) is 9.71. The van der Waals surface area contributed by atoms with E-state index in [0.29, 0.717) is 23.3 Å². The van der Waals surface area contributed by atoms with E-state index in [1.807, 2.05) is 41.2 Å². The maximum absolute atomic E-state index is 13.4. The largest absolute Gasteiger partial charge is 0.497 e. The van der Waals surface area contributed by atoms with E-state index in [1.54, 1.807) is 28.2 Å². The Hall–Kier alpha value is -3.62. The maximum Gasteiger partial charge on any atom is 0.407 e. The topological polar surface area (TPSA) is 80.2 Å². The third kappa shape index (κ3) is 2.91. The third-order valence-corrected chi connectivity index (χ3v) is 5.77. The Labute approximate surface area is 180 Å². The summed E-state index contributed by atoms with van der Waals surface area (Å²) in [4.78, 5) is 33.6. The van der Waals surface area contributed by atoms with E-state index in [2.05, 4.69) is 6.58 Å². The summed E-state index contributed by atoms with van der Waals surface area (Å²) < 4.78 is 14.8. The molecule has 1 aromatic carbocycles. The number of nitrogens with zero attached hydrogens (tertiary/aromatic N) is 5. The fourth-order valence-corrected chi connectivity index (χ4v) is 4.11. The van der Waals surface area contributed by atoms with Gasteiger partial charge in [0, 0.05) is 13.1 Å². The van der Waals surface area contributed by atoms with Crippen molar-refractivity contribution in [2.45, 2.75) is 26.8 Å². The molecule has 0 bridgehead atoms. The van der Waals surface area contributed by atoms with Gasteiger partial charge in [-0.15, -0.1) is 0 Å². The minimum Gasteiger partial charge on any atom is -0.497 e. The summed E-state index contributed by atoms with van der Waals surface area (Å²) in [6.07, 6.45) is 0.